The molecule has 1 aromatic heterocycles. The van der Waals surface area contributed by atoms with Crippen molar-refractivity contribution < 1.29 is 14.4 Å². The molecule has 1 aromatic carbocycles. The van der Waals surface area contributed by atoms with Crippen molar-refractivity contribution in [3.8, 4) is 0 Å². The summed E-state index contributed by atoms with van der Waals surface area (Å²) in [6.07, 6.45) is 0.702. The Hall–Kier alpha value is -2.03. The third kappa shape index (κ3) is 3.00. The van der Waals surface area contributed by atoms with Crippen LogP contribution >= 0.6 is 34.5 Å². The fraction of sp³-hybridized carbons (Fsp3) is 0.214. The highest BCUT2D eigenvalue weighted by atomic mass is 35.5. The minimum absolute atomic E-state index is 0.131. The van der Waals surface area contributed by atoms with Gasteiger partial charge in [-0.3, -0.25) is 24.6 Å². The zero-order chi connectivity index (χ0) is 17.4. The summed E-state index contributed by atoms with van der Waals surface area (Å²) in [4.78, 5) is 37.5. The highest BCUT2D eigenvalue weighted by Gasteiger charge is 2.37. The summed E-state index contributed by atoms with van der Waals surface area (Å²) in [6.45, 7) is 1.49. The van der Waals surface area contributed by atoms with E-state index in [9.17, 15) is 14.4 Å². The molecule has 2 aromatic rings. The maximum Gasteiger partial charge on any atom is 0.262 e. The van der Waals surface area contributed by atoms with Gasteiger partial charge >= 0.3 is 0 Å². The van der Waals surface area contributed by atoms with Crippen LogP contribution in [0.2, 0.25) is 10.0 Å². The van der Waals surface area contributed by atoms with Gasteiger partial charge in [-0.15, -0.1) is 10.2 Å². The van der Waals surface area contributed by atoms with Crippen LogP contribution in [0.4, 0.5) is 5.13 Å². The number of aromatic nitrogens is 2. The van der Waals surface area contributed by atoms with Crippen molar-refractivity contribution in [3.05, 3.63) is 38.3 Å². The second-order valence-corrected chi connectivity index (χ2v) is 6.79. The molecule has 0 fully saturated rings. The summed E-state index contributed by atoms with van der Waals surface area (Å²) in [5.41, 5.74) is 0.262. The highest BCUT2D eigenvalue weighted by molar-refractivity contribution is 7.15. The van der Waals surface area contributed by atoms with E-state index in [-0.39, 0.29) is 21.2 Å². The van der Waals surface area contributed by atoms with Gasteiger partial charge in [-0.2, -0.15) is 0 Å². The molecule has 2 heterocycles. The van der Waals surface area contributed by atoms with Crippen LogP contribution in [0.1, 0.15) is 32.6 Å². The summed E-state index contributed by atoms with van der Waals surface area (Å²) >= 11 is 13.0. The number of nitrogens with zero attached hydrogens (tertiary/aromatic N) is 3. The van der Waals surface area contributed by atoms with Crippen molar-refractivity contribution >= 4 is 57.4 Å². The van der Waals surface area contributed by atoms with Crippen LogP contribution in [-0.4, -0.2) is 39.4 Å². The average Bonchev–Trinajstić information content (AvgIpc) is 3.08. The number of halogens is 2. The summed E-state index contributed by atoms with van der Waals surface area (Å²) < 4.78 is 0. The summed E-state index contributed by atoms with van der Waals surface area (Å²) in [5.74, 6) is -1.72. The molecule has 1 aliphatic rings. The van der Waals surface area contributed by atoms with Crippen LogP contribution in [0.15, 0.2) is 12.1 Å². The molecule has 0 bridgehead atoms. The first-order chi connectivity index (χ1) is 11.4. The van der Waals surface area contributed by atoms with Gasteiger partial charge in [-0.25, -0.2) is 0 Å². The minimum Gasteiger partial charge on any atom is -0.299 e. The van der Waals surface area contributed by atoms with Crippen LogP contribution in [0.25, 0.3) is 0 Å². The summed E-state index contributed by atoms with van der Waals surface area (Å²) in [6, 6.07) is 2.66. The van der Waals surface area contributed by atoms with Crippen molar-refractivity contribution in [2.45, 2.75) is 13.3 Å². The van der Waals surface area contributed by atoms with Gasteiger partial charge < -0.3 is 0 Å². The van der Waals surface area contributed by atoms with E-state index in [1.807, 2.05) is 6.92 Å². The molecule has 1 aliphatic heterocycles. The first-order valence-electron chi connectivity index (χ1n) is 6.88. The Bertz CT molecular complexity index is 827. The molecule has 0 radical (unpaired) electrons. The lowest BCUT2D eigenvalue weighted by molar-refractivity contribution is -0.116. The van der Waals surface area contributed by atoms with Gasteiger partial charge in [0, 0.05) is 0 Å². The Balaban J connectivity index is 1.75. The Morgan fingerprint density at radius 2 is 1.75 bits per heavy atom. The van der Waals surface area contributed by atoms with Crippen LogP contribution in [0, 0.1) is 0 Å². The number of carbonyl (C=O) groups excluding carboxylic acids is 3. The van der Waals surface area contributed by atoms with E-state index in [4.69, 9.17) is 23.2 Å². The molecule has 0 spiro atoms. The van der Waals surface area contributed by atoms with Crippen molar-refractivity contribution in [1.82, 2.24) is 15.1 Å². The van der Waals surface area contributed by atoms with Crippen molar-refractivity contribution in [2.24, 2.45) is 0 Å². The van der Waals surface area contributed by atoms with E-state index in [1.165, 1.54) is 23.5 Å². The third-order valence-electron chi connectivity index (χ3n) is 3.33. The van der Waals surface area contributed by atoms with Gasteiger partial charge in [0.25, 0.3) is 11.8 Å². The van der Waals surface area contributed by atoms with Crippen molar-refractivity contribution in [3.63, 3.8) is 0 Å². The Morgan fingerprint density at radius 1 is 1.17 bits per heavy atom. The van der Waals surface area contributed by atoms with Crippen LogP contribution in [0.3, 0.4) is 0 Å². The Morgan fingerprint density at radius 3 is 2.25 bits per heavy atom. The molecule has 0 atom stereocenters. The fourth-order valence-electron chi connectivity index (χ4n) is 2.18. The van der Waals surface area contributed by atoms with Gasteiger partial charge in [0.05, 0.1) is 21.2 Å². The maximum absolute atomic E-state index is 12.3. The largest absolute Gasteiger partial charge is 0.299 e. The second kappa shape index (κ2) is 6.46. The van der Waals surface area contributed by atoms with E-state index in [0.29, 0.717) is 11.6 Å². The number of rotatable bonds is 4. The van der Waals surface area contributed by atoms with Gasteiger partial charge in [0.1, 0.15) is 11.6 Å². The monoisotopic (exact) mass is 384 g/mol. The van der Waals surface area contributed by atoms with E-state index in [2.05, 4.69) is 15.5 Å². The number of aryl methyl sites for hydroxylation is 1. The quantitative estimate of drug-likeness (QED) is 0.817. The number of imide groups is 1. The van der Waals surface area contributed by atoms with Gasteiger partial charge in [-0.05, 0) is 18.6 Å². The zero-order valence-corrected chi connectivity index (χ0v) is 14.6. The van der Waals surface area contributed by atoms with Crippen LogP contribution < -0.4 is 5.32 Å². The maximum atomic E-state index is 12.3. The molecule has 0 saturated carbocycles. The van der Waals surface area contributed by atoms with Crippen LogP contribution in [0.5, 0.6) is 0 Å². The summed E-state index contributed by atoms with van der Waals surface area (Å²) in [5, 5.41) is 11.6. The first kappa shape index (κ1) is 16.8. The smallest absolute Gasteiger partial charge is 0.262 e. The predicted molar refractivity (Wildman–Crippen MR) is 89.7 cm³/mol. The Kier molecular flexibility index (Phi) is 4.53. The number of amides is 3. The lowest BCUT2D eigenvalue weighted by Crippen LogP contribution is -2.37. The van der Waals surface area contributed by atoms with E-state index >= 15 is 0 Å². The van der Waals surface area contributed by atoms with Gasteiger partial charge in [0.15, 0.2) is 0 Å². The lowest BCUT2D eigenvalue weighted by Gasteiger charge is -2.12. The van der Waals surface area contributed by atoms with Crippen molar-refractivity contribution in [2.75, 3.05) is 11.9 Å². The number of nitrogens with one attached hydrogen (secondary N) is 1. The molecule has 7 nitrogen and oxygen atoms in total. The SMILES string of the molecule is CCc1nnc(NC(=O)CN2C(=O)c3cc(Cl)c(Cl)cc3C2=O)s1. The van der Waals surface area contributed by atoms with E-state index in [1.54, 1.807) is 0 Å². The minimum atomic E-state index is -0.588. The fourth-order valence-corrected chi connectivity index (χ4v) is 3.20. The second-order valence-electron chi connectivity index (χ2n) is 4.91. The number of carbonyl (C=O) groups is 3. The summed E-state index contributed by atoms with van der Waals surface area (Å²) in [7, 11) is 0. The molecule has 0 saturated heterocycles. The molecule has 0 aliphatic carbocycles. The van der Waals surface area contributed by atoms with E-state index in [0.717, 1.165) is 9.91 Å². The van der Waals surface area contributed by atoms with Gasteiger partial charge in [-0.1, -0.05) is 41.5 Å². The third-order valence-corrected chi connectivity index (χ3v) is 5.03. The molecular weight excluding hydrogens is 375 g/mol. The van der Waals surface area contributed by atoms with Crippen LogP contribution in [-0.2, 0) is 11.2 Å². The predicted octanol–water partition coefficient (Wildman–Crippen LogP) is 2.64. The number of hydrogen-bond acceptors (Lipinski definition) is 6. The van der Waals surface area contributed by atoms with E-state index < -0.39 is 24.3 Å². The normalized spacial score (nSPS) is 13.4. The van der Waals surface area contributed by atoms with Crippen molar-refractivity contribution in [1.29, 1.82) is 0 Å². The molecule has 0 unspecified atom stereocenters. The molecule has 3 amide bonds. The standard InChI is InChI=1S/C14H10Cl2N4O3S/c1-2-11-18-19-14(24-11)17-10(21)5-20-12(22)6-3-8(15)9(16)4-7(6)13(20)23/h3-4H,2,5H2,1H3,(H,17,19,21). The number of hydrogen-bond donors (Lipinski definition) is 1. The first-order valence-corrected chi connectivity index (χ1v) is 8.45. The Labute approximate surface area is 150 Å². The molecule has 10 heteroatoms. The molecular formula is C14H10Cl2N4O3S. The lowest BCUT2D eigenvalue weighted by atomic mass is 10.1. The molecule has 3 rings (SSSR count). The van der Waals surface area contributed by atoms with Gasteiger partial charge in [0.2, 0.25) is 11.0 Å². The zero-order valence-electron chi connectivity index (χ0n) is 12.3. The molecule has 24 heavy (non-hydrogen) atoms. The topological polar surface area (TPSA) is 92.3 Å². The highest BCUT2D eigenvalue weighted by Crippen LogP contribution is 2.31. The molecule has 124 valence electrons. The average molecular weight is 385 g/mol. The number of benzene rings is 1. The number of fused-ring (bicyclic) bond motifs is 1. The number of anilines is 1. The molecule has 1 N–H and O–H groups in total.